The van der Waals surface area contributed by atoms with E-state index in [0.29, 0.717) is 43.5 Å². The van der Waals surface area contributed by atoms with Crippen molar-refractivity contribution in [1.82, 2.24) is 5.32 Å². The van der Waals surface area contributed by atoms with Crippen LogP contribution in [0.15, 0.2) is 66.7 Å². The molecule has 1 saturated carbocycles. The van der Waals surface area contributed by atoms with Crippen molar-refractivity contribution in [2.45, 2.75) is 77.2 Å². The van der Waals surface area contributed by atoms with Crippen LogP contribution in [0.4, 0.5) is 0 Å². The number of aryl methyl sites for hydroxylation is 1. The lowest BCUT2D eigenvalue weighted by Crippen LogP contribution is -2.48. The minimum atomic E-state index is -1.28. The van der Waals surface area contributed by atoms with Crippen molar-refractivity contribution in [1.29, 1.82) is 0 Å². The molecule has 4 rings (SSSR count). The molecule has 45 heavy (non-hydrogen) atoms. The Morgan fingerprint density at radius 2 is 1.69 bits per heavy atom. The van der Waals surface area contributed by atoms with Crippen LogP contribution in [0.5, 0.6) is 5.75 Å². The van der Waals surface area contributed by atoms with Gasteiger partial charge < -0.3 is 29.4 Å². The molecule has 2 atom stereocenters. The molecular formula is C37H46NO6S-. The van der Waals surface area contributed by atoms with Gasteiger partial charge in [-0.05, 0) is 89.8 Å². The molecule has 0 bridgehead atoms. The van der Waals surface area contributed by atoms with Gasteiger partial charge in [0.15, 0.2) is 0 Å². The van der Waals surface area contributed by atoms with E-state index in [0.717, 1.165) is 40.0 Å². The highest BCUT2D eigenvalue weighted by Gasteiger charge is 2.22. The van der Waals surface area contributed by atoms with E-state index in [2.05, 4.69) is 5.32 Å². The average Bonchev–Trinajstić information content (AvgIpc) is 3.06. The quantitative estimate of drug-likeness (QED) is 0.185. The number of carboxylic acid groups (broad SMARTS) is 1. The van der Waals surface area contributed by atoms with Gasteiger partial charge in [-0.15, -0.1) is 0 Å². The number of carboxylic acids is 1. The van der Waals surface area contributed by atoms with Crippen LogP contribution in [0.25, 0.3) is 11.1 Å². The number of carbonyl (C=O) groups is 2. The predicted octanol–water partition coefficient (Wildman–Crippen LogP) is 6.34. The Kier molecular flexibility index (Phi) is 13.8. The maximum atomic E-state index is 13.4. The van der Waals surface area contributed by atoms with Crippen LogP contribution in [-0.4, -0.2) is 49.7 Å². The first-order chi connectivity index (χ1) is 21.9. The highest BCUT2D eigenvalue weighted by molar-refractivity contribution is 7.98. The van der Waals surface area contributed by atoms with E-state index >= 15 is 0 Å². The third-order valence-electron chi connectivity index (χ3n) is 8.50. The second-order valence-corrected chi connectivity index (χ2v) is 12.8. The fourth-order valence-corrected chi connectivity index (χ4v) is 6.39. The zero-order valence-corrected chi connectivity index (χ0v) is 27.5. The molecule has 1 N–H and O–H groups in total. The zero-order chi connectivity index (χ0) is 32.0. The monoisotopic (exact) mass is 632 g/mol. The predicted molar refractivity (Wildman–Crippen MR) is 178 cm³/mol. The van der Waals surface area contributed by atoms with Gasteiger partial charge in [0.05, 0.1) is 45.0 Å². The topological polar surface area (TPSA) is 96.9 Å². The maximum Gasteiger partial charge on any atom is 0.252 e. The van der Waals surface area contributed by atoms with Gasteiger partial charge in [-0.25, -0.2) is 0 Å². The first kappa shape index (κ1) is 34.5. The van der Waals surface area contributed by atoms with Gasteiger partial charge in [0.1, 0.15) is 5.75 Å². The van der Waals surface area contributed by atoms with E-state index in [-0.39, 0.29) is 6.10 Å². The zero-order valence-electron chi connectivity index (χ0n) is 26.7. The second-order valence-electron chi connectivity index (χ2n) is 11.9. The van der Waals surface area contributed by atoms with E-state index in [4.69, 9.17) is 14.2 Å². The molecule has 3 aromatic rings. The fourth-order valence-electron chi connectivity index (χ4n) is 5.92. The van der Waals surface area contributed by atoms with Crippen molar-refractivity contribution >= 4 is 23.6 Å². The number of amides is 1. The molecule has 1 aliphatic carbocycles. The molecule has 242 valence electrons. The van der Waals surface area contributed by atoms with Crippen molar-refractivity contribution < 1.29 is 28.9 Å². The molecule has 1 amide bonds. The number of nitrogens with one attached hydrogen (secondary N) is 1. The molecule has 0 heterocycles. The Balaban J connectivity index is 1.47. The first-order valence-corrected chi connectivity index (χ1v) is 17.3. The van der Waals surface area contributed by atoms with E-state index < -0.39 is 17.9 Å². The molecule has 1 fully saturated rings. The molecule has 3 aromatic carbocycles. The van der Waals surface area contributed by atoms with Crippen LogP contribution < -0.4 is 15.2 Å². The summed E-state index contributed by atoms with van der Waals surface area (Å²) in [6.07, 6.45) is 9.48. The number of rotatable bonds is 17. The summed E-state index contributed by atoms with van der Waals surface area (Å²) in [4.78, 5) is 25.1. The van der Waals surface area contributed by atoms with Crippen LogP contribution in [0.1, 0.15) is 72.0 Å². The molecule has 0 saturated heterocycles. The summed E-state index contributed by atoms with van der Waals surface area (Å²) in [6, 6.07) is 20.4. The Morgan fingerprint density at radius 1 is 0.956 bits per heavy atom. The number of hydrogen-bond acceptors (Lipinski definition) is 7. The Labute approximate surface area is 272 Å². The average molecular weight is 633 g/mol. The lowest BCUT2D eigenvalue weighted by Gasteiger charge is -2.27. The SMILES string of the molecule is COc1ccc(CO[C@H](COCc2ccc(C(=O)N[C@@H](CCSC)C(=O)[O-])c(-c3ccccc3C)c2)CC2CCCCC2)cc1. The number of aliphatic carboxylic acids is 1. The summed E-state index contributed by atoms with van der Waals surface area (Å²) >= 11 is 1.53. The minimum Gasteiger partial charge on any atom is -0.548 e. The first-order valence-electron chi connectivity index (χ1n) is 15.9. The molecule has 1 aliphatic rings. The van der Waals surface area contributed by atoms with Gasteiger partial charge in [-0.3, -0.25) is 4.79 Å². The highest BCUT2D eigenvalue weighted by atomic mass is 32.2. The third-order valence-corrected chi connectivity index (χ3v) is 9.15. The van der Waals surface area contributed by atoms with Crippen molar-refractivity contribution in [3.05, 3.63) is 89.0 Å². The summed E-state index contributed by atoms with van der Waals surface area (Å²) in [6.45, 7) is 3.34. The van der Waals surface area contributed by atoms with Gasteiger partial charge in [0.2, 0.25) is 0 Å². The highest BCUT2D eigenvalue weighted by Crippen LogP contribution is 2.30. The summed E-state index contributed by atoms with van der Waals surface area (Å²) < 4.78 is 18.0. The Hall–Kier alpha value is -3.33. The van der Waals surface area contributed by atoms with E-state index in [1.54, 1.807) is 13.2 Å². The van der Waals surface area contributed by atoms with Gasteiger partial charge in [0, 0.05) is 5.56 Å². The third kappa shape index (κ3) is 10.6. The van der Waals surface area contributed by atoms with Gasteiger partial charge in [-0.2, -0.15) is 11.8 Å². The van der Waals surface area contributed by atoms with E-state index in [1.807, 2.05) is 73.8 Å². The number of thioether (sulfide) groups is 1. The molecular weight excluding hydrogens is 586 g/mol. The van der Waals surface area contributed by atoms with Crippen LogP contribution in [0, 0.1) is 12.8 Å². The van der Waals surface area contributed by atoms with Gasteiger partial charge in [-0.1, -0.05) is 74.6 Å². The molecule has 0 aromatic heterocycles. The Bertz CT molecular complexity index is 1370. The van der Waals surface area contributed by atoms with Crippen molar-refractivity contribution in [2.24, 2.45) is 5.92 Å². The molecule has 8 heteroatoms. The van der Waals surface area contributed by atoms with Gasteiger partial charge in [0.25, 0.3) is 5.91 Å². The normalized spacial score (nSPS) is 14.9. The number of hydrogen-bond donors (Lipinski definition) is 1. The lowest BCUT2D eigenvalue weighted by molar-refractivity contribution is -0.308. The molecule has 0 radical (unpaired) electrons. The largest absolute Gasteiger partial charge is 0.548 e. The summed E-state index contributed by atoms with van der Waals surface area (Å²) in [7, 11) is 1.66. The van der Waals surface area contributed by atoms with Crippen LogP contribution in [-0.2, 0) is 27.5 Å². The van der Waals surface area contributed by atoms with Gasteiger partial charge >= 0.3 is 0 Å². The molecule has 0 spiro atoms. The maximum absolute atomic E-state index is 13.4. The van der Waals surface area contributed by atoms with Crippen molar-refractivity contribution in [3.8, 4) is 16.9 Å². The fraction of sp³-hybridized carbons (Fsp3) is 0.459. The number of methoxy groups -OCH3 is 1. The van der Waals surface area contributed by atoms with Crippen molar-refractivity contribution in [2.75, 3.05) is 25.7 Å². The Morgan fingerprint density at radius 3 is 2.38 bits per heavy atom. The summed E-state index contributed by atoms with van der Waals surface area (Å²) in [5.41, 5.74) is 5.11. The molecule has 0 unspecified atom stereocenters. The van der Waals surface area contributed by atoms with E-state index in [1.165, 1.54) is 43.9 Å². The number of ether oxygens (including phenoxy) is 3. The standard InChI is InChI=1S/C37H47NO6S/c1-26-9-7-8-12-32(26)34-22-29(15-18-33(34)36(39)38-35(37(40)41)19-20-45-3)23-43-25-31(21-27-10-5-4-6-11-27)44-24-28-13-16-30(42-2)17-14-28/h7-9,12-18,22,27,31,35H,4-6,10-11,19-21,23-25H2,1-3H3,(H,38,39)(H,40,41)/p-1/t31-,35-/m0/s1. The summed E-state index contributed by atoms with van der Waals surface area (Å²) in [5.74, 6) is 0.358. The van der Waals surface area contributed by atoms with Crippen LogP contribution >= 0.6 is 11.8 Å². The van der Waals surface area contributed by atoms with Crippen LogP contribution in [0.3, 0.4) is 0 Å². The summed E-state index contributed by atoms with van der Waals surface area (Å²) in [5, 5.41) is 14.4. The minimum absolute atomic E-state index is 0.0288. The molecule has 0 aliphatic heterocycles. The smallest absolute Gasteiger partial charge is 0.252 e. The van der Waals surface area contributed by atoms with Crippen molar-refractivity contribution in [3.63, 3.8) is 0 Å². The number of carbonyl (C=O) groups excluding carboxylic acids is 2. The lowest BCUT2D eigenvalue weighted by atomic mass is 9.85. The van der Waals surface area contributed by atoms with Crippen LogP contribution in [0.2, 0.25) is 0 Å². The molecule has 7 nitrogen and oxygen atoms in total. The number of benzene rings is 3. The van der Waals surface area contributed by atoms with E-state index in [9.17, 15) is 14.7 Å². The second kappa shape index (κ2) is 18.0.